The Morgan fingerprint density at radius 2 is 2.00 bits per heavy atom. The minimum absolute atomic E-state index is 0.199. The molecular formula is C15H14BrCl2NO. The molecule has 1 unspecified atom stereocenters. The third-order valence-electron chi connectivity index (χ3n) is 3.07. The third kappa shape index (κ3) is 3.47. The van der Waals surface area contributed by atoms with Gasteiger partial charge in [0.15, 0.2) is 0 Å². The summed E-state index contributed by atoms with van der Waals surface area (Å²) in [5.41, 5.74) is 8.19. The SMILES string of the molecule is COc1ccc(Br)c(C(N)Cc2cccc(Cl)c2Cl)c1. The minimum Gasteiger partial charge on any atom is -0.497 e. The molecule has 0 aromatic heterocycles. The maximum atomic E-state index is 6.28. The first-order chi connectivity index (χ1) is 9.52. The highest BCUT2D eigenvalue weighted by atomic mass is 79.9. The van der Waals surface area contributed by atoms with Crippen molar-refractivity contribution >= 4 is 39.1 Å². The smallest absolute Gasteiger partial charge is 0.119 e. The van der Waals surface area contributed by atoms with E-state index in [0.717, 1.165) is 21.3 Å². The van der Waals surface area contributed by atoms with Gasteiger partial charge in [0.05, 0.1) is 17.2 Å². The van der Waals surface area contributed by atoms with Crippen LogP contribution >= 0.6 is 39.1 Å². The molecule has 0 radical (unpaired) electrons. The van der Waals surface area contributed by atoms with Crippen LogP contribution in [0.15, 0.2) is 40.9 Å². The van der Waals surface area contributed by atoms with Crippen LogP contribution in [0.4, 0.5) is 0 Å². The minimum atomic E-state index is -0.199. The van der Waals surface area contributed by atoms with E-state index in [1.807, 2.05) is 30.3 Å². The summed E-state index contributed by atoms with van der Waals surface area (Å²) >= 11 is 15.7. The molecule has 106 valence electrons. The molecule has 0 aliphatic carbocycles. The lowest BCUT2D eigenvalue weighted by atomic mass is 9.99. The topological polar surface area (TPSA) is 35.2 Å². The second-order valence-corrected chi connectivity index (χ2v) is 6.05. The van der Waals surface area contributed by atoms with Gasteiger partial charge in [-0.05, 0) is 41.8 Å². The van der Waals surface area contributed by atoms with Crippen LogP contribution in [0, 0.1) is 0 Å². The van der Waals surface area contributed by atoms with Gasteiger partial charge >= 0.3 is 0 Å². The quantitative estimate of drug-likeness (QED) is 0.816. The number of hydrogen-bond donors (Lipinski definition) is 1. The van der Waals surface area contributed by atoms with E-state index >= 15 is 0 Å². The Morgan fingerprint density at radius 3 is 2.70 bits per heavy atom. The van der Waals surface area contributed by atoms with Gasteiger partial charge in [0.1, 0.15) is 5.75 Å². The van der Waals surface area contributed by atoms with Gasteiger partial charge in [-0.1, -0.05) is 51.3 Å². The molecule has 20 heavy (non-hydrogen) atoms. The fourth-order valence-corrected chi connectivity index (χ4v) is 2.92. The highest BCUT2D eigenvalue weighted by Gasteiger charge is 2.14. The molecule has 5 heteroatoms. The molecule has 2 N–H and O–H groups in total. The van der Waals surface area contributed by atoms with Crippen LogP contribution in [0.5, 0.6) is 5.75 Å². The lowest BCUT2D eigenvalue weighted by Gasteiger charge is -2.16. The normalized spacial score (nSPS) is 12.2. The molecule has 1 atom stereocenters. The van der Waals surface area contributed by atoms with Gasteiger partial charge in [-0.25, -0.2) is 0 Å². The molecule has 0 heterocycles. The molecule has 0 fully saturated rings. The summed E-state index contributed by atoms with van der Waals surface area (Å²) < 4.78 is 6.18. The number of ether oxygens (including phenoxy) is 1. The van der Waals surface area contributed by atoms with Gasteiger partial charge in [0.2, 0.25) is 0 Å². The molecule has 0 saturated heterocycles. The third-order valence-corrected chi connectivity index (χ3v) is 4.65. The molecule has 2 nitrogen and oxygen atoms in total. The molecule has 0 saturated carbocycles. The molecule has 0 aliphatic rings. The Labute approximate surface area is 137 Å². The first-order valence-corrected chi connectivity index (χ1v) is 7.59. The zero-order valence-corrected chi connectivity index (χ0v) is 14.0. The summed E-state index contributed by atoms with van der Waals surface area (Å²) in [4.78, 5) is 0. The summed E-state index contributed by atoms with van der Waals surface area (Å²) in [7, 11) is 1.63. The van der Waals surface area contributed by atoms with E-state index in [-0.39, 0.29) is 6.04 Å². The van der Waals surface area contributed by atoms with Gasteiger partial charge in [-0.2, -0.15) is 0 Å². The maximum absolute atomic E-state index is 6.28. The van der Waals surface area contributed by atoms with Gasteiger partial charge < -0.3 is 10.5 Å². The van der Waals surface area contributed by atoms with Gasteiger partial charge in [-0.3, -0.25) is 0 Å². The molecule has 0 spiro atoms. The fourth-order valence-electron chi connectivity index (χ4n) is 1.99. The van der Waals surface area contributed by atoms with Gasteiger partial charge in [0.25, 0.3) is 0 Å². The molecule has 2 aromatic rings. The van der Waals surface area contributed by atoms with Crippen LogP contribution in [0.25, 0.3) is 0 Å². The second-order valence-electron chi connectivity index (χ2n) is 4.41. The van der Waals surface area contributed by atoms with Crippen LogP contribution in [0.1, 0.15) is 17.2 Å². The van der Waals surface area contributed by atoms with Gasteiger partial charge in [0, 0.05) is 10.5 Å². The van der Waals surface area contributed by atoms with Crippen molar-refractivity contribution in [3.8, 4) is 5.75 Å². The van der Waals surface area contributed by atoms with E-state index in [4.69, 9.17) is 33.7 Å². The first kappa shape index (κ1) is 15.6. The summed E-state index contributed by atoms with van der Waals surface area (Å²) in [6.45, 7) is 0. The van der Waals surface area contributed by atoms with Crippen LogP contribution < -0.4 is 10.5 Å². The van der Waals surface area contributed by atoms with Crippen molar-refractivity contribution in [3.63, 3.8) is 0 Å². The van der Waals surface area contributed by atoms with Crippen molar-refractivity contribution in [3.05, 3.63) is 62.0 Å². The maximum Gasteiger partial charge on any atom is 0.119 e. The van der Waals surface area contributed by atoms with E-state index in [9.17, 15) is 0 Å². The Morgan fingerprint density at radius 1 is 1.25 bits per heavy atom. The zero-order valence-electron chi connectivity index (χ0n) is 10.9. The molecule has 0 bridgehead atoms. The van der Waals surface area contributed by atoms with E-state index in [0.29, 0.717) is 16.5 Å². The van der Waals surface area contributed by atoms with Crippen LogP contribution in [-0.4, -0.2) is 7.11 Å². The van der Waals surface area contributed by atoms with E-state index in [1.54, 1.807) is 13.2 Å². The largest absolute Gasteiger partial charge is 0.497 e. The monoisotopic (exact) mass is 373 g/mol. The number of hydrogen-bond acceptors (Lipinski definition) is 2. The zero-order chi connectivity index (χ0) is 14.7. The van der Waals surface area contributed by atoms with E-state index in [1.165, 1.54) is 0 Å². The lowest BCUT2D eigenvalue weighted by molar-refractivity contribution is 0.413. The number of rotatable bonds is 4. The lowest BCUT2D eigenvalue weighted by Crippen LogP contribution is -2.14. The van der Waals surface area contributed by atoms with Crippen molar-refractivity contribution in [2.75, 3.05) is 7.11 Å². The van der Waals surface area contributed by atoms with Crippen LogP contribution in [-0.2, 0) is 6.42 Å². The standard InChI is InChI=1S/C15H14BrCl2NO/c1-20-10-5-6-12(16)11(8-10)14(19)7-9-3-2-4-13(17)15(9)18/h2-6,8,14H,7,19H2,1H3. The Bertz CT molecular complexity index is 619. The summed E-state index contributed by atoms with van der Waals surface area (Å²) in [5.74, 6) is 0.774. The van der Waals surface area contributed by atoms with E-state index < -0.39 is 0 Å². The second kappa shape index (κ2) is 6.81. The number of halogens is 3. The van der Waals surface area contributed by atoms with Crippen molar-refractivity contribution in [1.82, 2.24) is 0 Å². The molecule has 0 aliphatic heterocycles. The fraction of sp³-hybridized carbons (Fsp3) is 0.200. The number of benzene rings is 2. The average molecular weight is 375 g/mol. The highest BCUT2D eigenvalue weighted by molar-refractivity contribution is 9.10. The molecule has 2 rings (SSSR count). The molecule has 0 amide bonds. The summed E-state index contributed by atoms with van der Waals surface area (Å²) in [6.07, 6.45) is 0.602. The number of nitrogens with two attached hydrogens (primary N) is 1. The Balaban J connectivity index is 2.28. The van der Waals surface area contributed by atoms with Crippen molar-refractivity contribution in [2.24, 2.45) is 5.73 Å². The van der Waals surface area contributed by atoms with Crippen molar-refractivity contribution in [1.29, 1.82) is 0 Å². The number of methoxy groups -OCH3 is 1. The molecular weight excluding hydrogens is 361 g/mol. The Hall–Kier alpha value is -0.740. The van der Waals surface area contributed by atoms with Crippen molar-refractivity contribution in [2.45, 2.75) is 12.5 Å². The van der Waals surface area contributed by atoms with Crippen molar-refractivity contribution < 1.29 is 4.74 Å². The van der Waals surface area contributed by atoms with E-state index in [2.05, 4.69) is 15.9 Å². The summed E-state index contributed by atoms with van der Waals surface area (Å²) in [6, 6.07) is 11.1. The predicted molar refractivity (Wildman–Crippen MR) is 87.8 cm³/mol. The Kier molecular flexibility index (Phi) is 5.33. The first-order valence-electron chi connectivity index (χ1n) is 6.05. The summed E-state index contributed by atoms with van der Waals surface area (Å²) in [5, 5.41) is 1.10. The van der Waals surface area contributed by atoms with Crippen LogP contribution in [0.2, 0.25) is 10.0 Å². The molecule has 2 aromatic carbocycles. The van der Waals surface area contributed by atoms with Gasteiger partial charge in [-0.15, -0.1) is 0 Å². The average Bonchev–Trinajstić information content (AvgIpc) is 2.44. The highest BCUT2D eigenvalue weighted by Crippen LogP contribution is 2.32. The van der Waals surface area contributed by atoms with Crippen LogP contribution in [0.3, 0.4) is 0 Å². The predicted octanol–water partition coefficient (Wildman–Crippen LogP) is 5.01.